The highest BCUT2D eigenvalue weighted by Gasteiger charge is 2.25. The number of halogens is 1. The Bertz CT molecular complexity index is 560. The van der Waals surface area contributed by atoms with E-state index >= 15 is 0 Å². The molecule has 0 heterocycles. The van der Waals surface area contributed by atoms with Crippen molar-refractivity contribution in [1.82, 2.24) is 5.32 Å². The Morgan fingerprint density at radius 3 is 2.52 bits per heavy atom. The molecule has 0 fully saturated rings. The lowest BCUT2D eigenvalue weighted by atomic mass is 10.1. The van der Waals surface area contributed by atoms with Crippen LogP contribution in [0.1, 0.15) is 16.8 Å². The Balaban J connectivity index is 2.92. The molecule has 0 unspecified atom stereocenters. The zero-order chi connectivity index (χ0) is 16.0. The largest absolute Gasteiger partial charge is 0.496 e. The molecular formula is C13H14ClNO6. The summed E-state index contributed by atoms with van der Waals surface area (Å²) in [4.78, 5) is 34.3. The van der Waals surface area contributed by atoms with E-state index in [-0.39, 0.29) is 11.3 Å². The van der Waals surface area contributed by atoms with E-state index in [1.54, 1.807) is 0 Å². The highest BCUT2D eigenvalue weighted by Crippen LogP contribution is 2.23. The van der Waals surface area contributed by atoms with Crippen molar-refractivity contribution < 1.29 is 29.0 Å². The van der Waals surface area contributed by atoms with Crippen LogP contribution in [0.3, 0.4) is 0 Å². The minimum Gasteiger partial charge on any atom is -0.496 e. The van der Waals surface area contributed by atoms with Gasteiger partial charge in [-0.3, -0.25) is 9.59 Å². The fraction of sp³-hybridized carbons (Fsp3) is 0.308. The van der Waals surface area contributed by atoms with E-state index in [1.807, 2.05) is 0 Å². The number of esters is 1. The average molecular weight is 316 g/mol. The lowest BCUT2D eigenvalue weighted by molar-refractivity contribution is -0.147. The number of carboxylic acid groups (broad SMARTS) is 1. The second-order valence-electron chi connectivity index (χ2n) is 3.99. The molecule has 1 aromatic rings. The zero-order valence-corrected chi connectivity index (χ0v) is 12.1. The molecule has 7 nitrogen and oxygen atoms in total. The number of carbonyl (C=O) groups is 3. The van der Waals surface area contributed by atoms with E-state index in [2.05, 4.69) is 10.1 Å². The van der Waals surface area contributed by atoms with Crippen LogP contribution >= 0.6 is 11.6 Å². The van der Waals surface area contributed by atoms with Gasteiger partial charge in [-0.2, -0.15) is 0 Å². The van der Waals surface area contributed by atoms with Crippen LogP contribution in [0.25, 0.3) is 0 Å². The third kappa shape index (κ3) is 4.64. The molecule has 0 aliphatic rings. The SMILES string of the molecule is COC(=O)C[C@H](NC(=O)c1ccc(Cl)cc1OC)C(=O)O. The van der Waals surface area contributed by atoms with Gasteiger partial charge in [-0.25, -0.2) is 4.79 Å². The second-order valence-corrected chi connectivity index (χ2v) is 4.43. The third-order valence-corrected chi connectivity index (χ3v) is 2.85. The summed E-state index contributed by atoms with van der Waals surface area (Å²) in [6, 6.07) is 2.89. The molecular weight excluding hydrogens is 302 g/mol. The van der Waals surface area contributed by atoms with Crippen LogP contribution in [0.5, 0.6) is 5.75 Å². The molecule has 21 heavy (non-hydrogen) atoms. The fourth-order valence-electron chi connectivity index (χ4n) is 1.54. The Kier molecular flexibility index (Phi) is 5.98. The van der Waals surface area contributed by atoms with Gasteiger partial charge in [0.05, 0.1) is 26.2 Å². The molecule has 0 saturated heterocycles. The first kappa shape index (κ1) is 16.8. The third-order valence-electron chi connectivity index (χ3n) is 2.61. The standard InChI is InChI=1S/C13H14ClNO6/c1-20-10-5-7(14)3-4-8(10)12(17)15-9(13(18)19)6-11(16)21-2/h3-5,9H,6H2,1-2H3,(H,15,17)(H,18,19)/t9-/m0/s1. The monoisotopic (exact) mass is 315 g/mol. The van der Waals surface area contributed by atoms with Crippen molar-refractivity contribution in [2.24, 2.45) is 0 Å². The van der Waals surface area contributed by atoms with Crippen LogP contribution in [0.4, 0.5) is 0 Å². The molecule has 0 spiro atoms. The van der Waals surface area contributed by atoms with Crippen molar-refractivity contribution in [3.8, 4) is 5.75 Å². The molecule has 0 saturated carbocycles. The van der Waals surface area contributed by atoms with Gasteiger partial charge in [0.15, 0.2) is 0 Å². The topological polar surface area (TPSA) is 102 Å². The lowest BCUT2D eigenvalue weighted by Crippen LogP contribution is -2.42. The maximum absolute atomic E-state index is 12.1. The quantitative estimate of drug-likeness (QED) is 0.762. The molecule has 1 aromatic carbocycles. The van der Waals surface area contributed by atoms with Crippen molar-refractivity contribution in [1.29, 1.82) is 0 Å². The van der Waals surface area contributed by atoms with Crippen molar-refractivity contribution in [3.63, 3.8) is 0 Å². The Labute approximate surface area is 125 Å². The summed E-state index contributed by atoms with van der Waals surface area (Å²) >= 11 is 5.78. The van der Waals surface area contributed by atoms with Crippen LogP contribution in [-0.2, 0) is 14.3 Å². The first-order chi connectivity index (χ1) is 9.88. The maximum Gasteiger partial charge on any atom is 0.326 e. The van der Waals surface area contributed by atoms with Crippen molar-refractivity contribution >= 4 is 29.4 Å². The van der Waals surface area contributed by atoms with Gasteiger partial charge < -0.3 is 19.9 Å². The molecule has 114 valence electrons. The molecule has 1 rings (SSSR count). The predicted molar refractivity (Wildman–Crippen MR) is 73.5 cm³/mol. The second kappa shape index (κ2) is 7.49. The predicted octanol–water partition coefficient (Wildman–Crippen LogP) is 1.09. The number of benzene rings is 1. The van der Waals surface area contributed by atoms with Crippen LogP contribution in [0.2, 0.25) is 5.02 Å². The number of hydrogen-bond donors (Lipinski definition) is 2. The molecule has 0 bridgehead atoms. The maximum atomic E-state index is 12.1. The molecule has 0 aliphatic heterocycles. The van der Waals surface area contributed by atoms with Crippen molar-refractivity contribution in [2.75, 3.05) is 14.2 Å². The number of carboxylic acids is 1. The van der Waals surface area contributed by atoms with E-state index in [0.717, 1.165) is 7.11 Å². The summed E-state index contributed by atoms with van der Waals surface area (Å²) in [7, 11) is 2.48. The van der Waals surface area contributed by atoms with Crippen LogP contribution in [-0.4, -0.2) is 43.2 Å². The van der Waals surface area contributed by atoms with Gasteiger partial charge in [0.25, 0.3) is 5.91 Å². The normalized spacial score (nSPS) is 11.4. The van der Waals surface area contributed by atoms with E-state index in [1.165, 1.54) is 25.3 Å². The van der Waals surface area contributed by atoms with E-state index in [4.69, 9.17) is 21.4 Å². The molecule has 0 aliphatic carbocycles. The smallest absolute Gasteiger partial charge is 0.326 e. The summed E-state index contributed by atoms with van der Waals surface area (Å²) in [5.74, 6) is -2.59. The van der Waals surface area contributed by atoms with Gasteiger partial charge in [0, 0.05) is 5.02 Å². The summed E-state index contributed by atoms with van der Waals surface area (Å²) < 4.78 is 9.39. The highest BCUT2D eigenvalue weighted by atomic mass is 35.5. The van der Waals surface area contributed by atoms with Crippen LogP contribution < -0.4 is 10.1 Å². The minimum atomic E-state index is -1.40. The average Bonchev–Trinajstić information content (AvgIpc) is 2.45. The number of methoxy groups -OCH3 is 2. The minimum absolute atomic E-state index is 0.109. The lowest BCUT2D eigenvalue weighted by Gasteiger charge is -2.15. The molecule has 1 amide bonds. The Morgan fingerprint density at radius 2 is 2.00 bits per heavy atom. The fourth-order valence-corrected chi connectivity index (χ4v) is 1.70. The number of carbonyl (C=O) groups excluding carboxylic acids is 2. The zero-order valence-electron chi connectivity index (χ0n) is 11.4. The van der Waals surface area contributed by atoms with Gasteiger partial charge in [0.2, 0.25) is 0 Å². The van der Waals surface area contributed by atoms with Crippen LogP contribution in [0, 0.1) is 0 Å². The molecule has 0 radical (unpaired) electrons. The summed E-state index contributed by atoms with van der Waals surface area (Å²) in [6.45, 7) is 0. The highest BCUT2D eigenvalue weighted by molar-refractivity contribution is 6.30. The number of nitrogens with one attached hydrogen (secondary N) is 1. The van der Waals surface area contributed by atoms with Crippen molar-refractivity contribution in [2.45, 2.75) is 12.5 Å². The van der Waals surface area contributed by atoms with E-state index in [9.17, 15) is 14.4 Å². The van der Waals surface area contributed by atoms with E-state index < -0.39 is 30.3 Å². The van der Waals surface area contributed by atoms with Crippen LogP contribution in [0.15, 0.2) is 18.2 Å². The van der Waals surface area contributed by atoms with Gasteiger partial charge in [0.1, 0.15) is 11.8 Å². The van der Waals surface area contributed by atoms with Crippen molar-refractivity contribution in [3.05, 3.63) is 28.8 Å². The molecule has 0 aromatic heterocycles. The van der Waals surface area contributed by atoms with Gasteiger partial charge in [-0.05, 0) is 18.2 Å². The van der Waals surface area contributed by atoms with Gasteiger partial charge in [-0.15, -0.1) is 0 Å². The number of ether oxygens (including phenoxy) is 2. The molecule has 2 N–H and O–H groups in total. The molecule has 8 heteroatoms. The number of hydrogen-bond acceptors (Lipinski definition) is 5. The van der Waals surface area contributed by atoms with Gasteiger partial charge >= 0.3 is 11.9 Å². The first-order valence-corrected chi connectivity index (χ1v) is 6.20. The summed E-state index contributed by atoms with van der Waals surface area (Å²) in [5, 5.41) is 11.6. The molecule has 1 atom stereocenters. The van der Waals surface area contributed by atoms with E-state index in [0.29, 0.717) is 5.02 Å². The Morgan fingerprint density at radius 1 is 1.33 bits per heavy atom. The summed E-state index contributed by atoms with van der Waals surface area (Å²) in [5.41, 5.74) is 0.109. The first-order valence-electron chi connectivity index (χ1n) is 5.83. The number of aliphatic carboxylic acids is 1. The number of amides is 1. The van der Waals surface area contributed by atoms with Gasteiger partial charge in [-0.1, -0.05) is 11.6 Å². The number of rotatable bonds is 6. The summed E-state index contributed by atoms with van der Waals surface area (Å²) in [6.07, 6.45) is -0.479. The Hall–Kier alpha value is -2.28.